The molecule has 0 aliphatic heterocycles. The van der Waals surface area contributed by atoms with Gasteiger partial charge in [-0.25, -0.2) is 4.79 Å². The van der Waals surface area contributed by atoms with Crippen LogP contribution in [0.15, 0.2) is 28.6 Å². The largest absolute Gasteiger partial charge is 0.467 e. The number of rotatable bonds is 9. The van der Waals surface area contributed by atoms with E-state index in [1.807, 2.05) is 45.0 Å². The molecular weight excluding hydrogens is 384 g/mol. The Kier molecular flexibility index (Phi) is 8.05. The van der Waals surface area contributed by atoms with Crippen LogP contribution in [0.4, 0.5) is 10.8 Å². The summed E-state index contributed by atoms with van der Waals surface area (Å²) in [6.07, 6.45) is 0.534. The summed E-state index contributed by atoms with van der Waals surface area (Å²) in [6.45, 7) is 6.00. The number of nitrogens with zero attached hydrogens (tertiary/aromatic N) is 2. The molecule has 0 saturated carbocycles. The Balaban J connectivity index is 1.85. The lowest BCUT2D eigenvalue weighted by molar-refractivity contribution is -0.145. The minimum Gasteiger partial charge on any atom is -0.467 e. The number of anilines is 2. The Morgan fingerprint density at radius 2 is 1.93 bits per heavy atom. The van der Waals surface area contributed by atoms with E-state index in [-0.39, 0.29) is 17.6 Å². The quantitative estimate of drug-likeness (QED) is 0.485. The Morgan fingerprint density at radius 1 is 1.22 bits per heavy atom. The molecule has 2 N–H and O–H groups in total. The summed E-state index contributed by atoms with van der Waals surface area (Å²) < 4.78 is 5.43. The number of methoxy groups -OCH3 is 1. The molecule has 9 heteroatoms. The van der Waals surface area contributed by atoms with Crippen molar-refractivity contribution in [1.29, 1.82) is 0 Å². The Bertz CT molecular complexity index is 762. The van der Waals surface area contributed by atoms with Crippen LogP contribution < -0.4 is 10.6 Å². The smallest absolute Gasteiger partial charge is 0.328 e. The third-order valence-corrected chi connectivity index (χ3v) is 5.54. The molecular formula is C18H24N4O3S2. The third kappa shape index (κ3) is 7.18. The number of hydrogen-bond acceptors (Lipinski definition) is 8. The lowest BCUT2D eigenvalue weighted by Gasteiger charge is -2.17. The van der Waals surface area contributed by atoms with Crippen molar-refractivity contribution in [1.82, 2.24) is 15.5 Å². The Hall–Kier alpha value is -2.13. The molecule has 1 amide bonds. The molecule has 0 spiro atoms. The minimum atomic E-state index is -0.628. The van der Waals surface area contributed by atoms with Crippen LogP contribution in [0.1, 0.15) is 25.8 Å². The second kappa shape index (κ2) is 10.3. The van der Waals surface area contributed by atoms with Crippen molar-refractivity contribution in [2.75, 3.05) is 18.2 Å². The molecule has 0 radical (unpaired) electrons. The Labute approximate surface area is 167 Å². The van der Waals surface area contributed by atoms with Gasteiger partial charge in [0.2, 0.25) is 11.0 Å². The second-order valence-electron chi connectivity index (χ2n) is 6.43. The number of ether oxygens (including phenoxy) is 1. The van der Waals surface area contributed by atoms with Gasteiger partial charge in [0.1, 0.15) is 6.04 Å². The first kappa shape index (κ1) is 21.2. The molecule has 0 unspecified atom stereocenters. The normalized spacial score (nSPS) is 11.9. The molecule has 0 bridgehead atoms. The number of esters is 1. The van der Waals surface area contributed by atoms with Crippen molar-refractivity contribution in [3.63, 3.8) is 0 Å². The number of hydrogen-bond donors (Lipinski definition) is 2. The predicted octanol–water partition coefficient (Wildman–Crippen LogP) is 3.39. The molecule has 0 fully saturated rings. The first-order chi connectivity index (χ1) is 12.9. The summed E-state index contributed by atoms with van der Waals surface area (Å²) in [6, 6.07) is 7.34. The fourth-order valence-electron chi connectivity index (χ4n) is 2.27. The molecule has 7 nitrogen and oxygen atoms in total. The van der Waals surface area contributed by atoms with Crippen molar-refractivity contribution in [3.05, 3.63) is 29.8 Å². The van der Waals surface area contributed by atoms with Crippen LogP contribution in [0, 0.1) is 12.8 Å². The standard InChI is InChI=1S/C18H24N4O3S2/c1-11(2)9-14(16(24)25-4)20-15(23)10-26-18-22-21-17(27-18)19-13-7-5-12(3)6-8-13/h5-8,11,14H,9-10H2,1-4H3,(H,19,21)(H,20,23)/t14-/m0/s1. The zero-order valence-electron chi connectivity index (χ0n) is 15.8. The van der Waals surface area contributed by atoms with E-state index < -0.39 is 12.0 Å². The fourth-order valence-corrected chi connectivity index (χ4v) is 3.85. The summed E-state index contributed by atoms with van der Waals surface area (Å²) >= 11 is 2.66. The van der Waals surface area contributed by atoms with Gasteiger partial charge in [-0.2, -0.15) is 0 Å². The first-order valence-electron chi connectivity index (χ1n) is 8.54. The van der Waals surface area contributed by atoms with Crippen molar-refractivity contribution in [2.24, 2.45) is 5.92 Å². The maximum Gasteiger partial charge on any atom is 0.328 e. The summed E-state index contributed by atoms with van der Waals surface area (Å²) in [5.41, 5.74) is 2.11. The van der Waals surface area contributed by atoms with E-state index in [1.165, 1.54) is 35.8 Å². The number of aryl methyl sites for hydroxylation is 1. The van der Waals surface area contributed by atoms with E-state index in [4.69, 9.17) is 4.74 Å². The highest BCUT2D eigenvalue weighted by atomic mass is 32.2. The van der Waals surface area contributed by atoms with E-state index in [0.29, 0.717) is 15.9 Å². The number of amides is 1. The van der Waals surface area contributed by atoms with Gasteiger partial charge in [-0.15, -0.1) is 10.2 Å². The monoisotopic (exact) mass is 408 g/mol. The average Bonchev–Trinajstić information content (AvgIpc) is 3.07. The van der Waals surface area contributed by atoms with Gasteiger partial charge < -0.3 is 15.4 Å². The summed E-state index contributed by atoms with van der Waals surface area (Å²) in [4.78, 5) is 23.9. The molecule has 0 saturated heterocycles. The summed E-state index contributed by atoms with van der Waals surface area (Å²) in [7, 11) is 1.32. The van der Waals surface area contributed by atoms with Crippen LogP contribution in [0.3, 0.4) is 0 Å². The van der Waals surface area contributed by atoms with Crippen LogP contribution in [0.25, 0.3) is 0 Å². The highest BCUT2D eigenvalue weighted by Crippen LogP contribution is 2.27. The van der Waals surface area contributed by atoms with Crippen molar-refractivity contribution in [2.45, 2.75) is 37.6 Å². The molecule has 1 atom stereocenters. The fraction of sp³-hybridized carbons (Fsp3) is 0.444. The molecule has 146 valence electrons. The zero-order chi connectivity index (χ0) is 19.8. The average molecular weight is 409 g/mol. The summed E-state index contributed by atoms with van der Waals surface area (Å²) in [5, 5.41) is 14.7. The molecule has 2 aromatic rings. The lowest BCUT2D eigenvalue weighted by atomic mass is 10.0. The molecule has 0 aliphatic rings. The number of benzene rings is 1. The van der Waals surface area contributed by atoms with Crippen LogP contribution >= 0.6 is 23.1 Å². The minimum absolute atomic E-state index is 0.157. The van der Waals surface area contributed by atoms with Crippen molar-refractivity contribution in [3.8, 4) is 0 Å². The number of carbonyl (C=O) groups excluding carboxylic acids is 2. The number of carbonyl (C=O) groups is 2. The van der Waals surface area contributed by atoms with Gasteiger partial charge in [0.25, 0.3) is 0 Å². The van der Waals surface area contributed by atoms with Gasteiger partial charge in [-0.1, -0.05) is 54.6 Å². The lowest BCUT2D eigenvalue weighted by Crippen LogP contribution is -2.43. The van der Waals surface area contributed by atoms with Crippen LogP contribution in [0.5, 0.6) is 0 Å². The van der Waals surface area contributed by atoms with E-state index in [0.717, 1.165) is 5.69 Å². The van der Waals surface area contributed by atoms with Crippen LogP contribution in [0.2, 0.25) is 0 Å². The van der Waals surface area contributed by atoms with Crippen molar-refractivity contribution >= 4 is 45.8 Å². The van der Waals surface area contributed by atoms with E-state index in [2.05, 4.69) is 20.8 Å². The van der Waals surface area contributed by atoms with E-state index in [1.54, 1.807) is 0 Å². The van der Waals surface area contributed by atoms with Crippen LogP contribution in [-0.4, -0.2) is 41.0 Å². The van der Waals surface area contributed by atoms with Crippen molar-refractivity contribution < 1.29 is 14.3 Å². The molecule has 1 heterocycles. The second-order valence-corrected chi connectivity index (χ2v) is 8.63. The SMILES string of the molecule is COC(=O)[C@H](CC(C)C)NC(=O)CSc1nnc(Nc2ccc(C)cc2)s1. The highest BCUT2D eigenvalue weighted by molar-refractivity contribution is 8.01. The van der Waals surface area contributed by atoms with Gasteiger partial charge in [-0.3, -0.25) is 4.79 Å². The molecule has 1 aromatic carbocycles. The van der Waals surface area contributed by atoms with Gasteiger partial charge in [0, 0.05) is 5.69 Å². The molecule has 2 rings (SSSR count). The van der Waals surface area contributed by atoms with E-state index in [9.17, 15) is 9.59 Å². The molecule has 27 heavy (non-hydrogen) atoms. The van der Waals surface area contributed by atoms with Gasteiger partial charge in [-0.05, 0) is 31.4 Å². The Morgan fingerprint density at radius 3 is 2.56 bits per heavy atom. The topological polar surface area (TPSA) is 93.2 Å². The maximum atomic E-state index is 12.2. The van der Waals surface area contributed by atoms with Crippen LogP contribution in [-0.2, 0) is 14.3 Å². The maximum absolute atomic E-state index is 12.2. The first-order valence-corrected chi connectivity index (χ1v) is 10.3. The highest BCUT2D eigenvalue weighted by Gasteiger charge is 2.22. The number of nitrogens with one attached hydrogen (secondary N) is 2. The van der Waals surface area contributed by atoms with Gasteiger partial charge in [0.05, 0.1) is 12.9 Å². The summed E-state index contributed by atoms with van der Waals surface area (Å²) in [5.74, 6) is -0.243. The number of aromatic nitrogens is 2. The van der Waals surface area contributed by atoms with E-state index >= 15 is 0 Å². The predicted molar refractivity (Wildman–Crippen MR) is 108 cm³/mol. The third-order valence-electron chi connectivity index (χ3n) is 3.56. The van der Waals surface area contributed by atoms with Gasteiger partial charge >= 0.3 is 5.97 Å². The zero-order valence-corrected chi connectivity index (χ0v) is 17.4. The molecule has 0 aliphatic carbocycles. The van der Waals surface area contributed by atoms with Gasteiger partial charge in [0.15, 0.2) is 4.34 Å². The molecule has 1 aromatic heterocycles. The number of thioether (sulfide) groups is 1.